The molecule has 14 heteroatoms. The van der Waals surface area contributed by atoms with Crippen LogP contribution in [0.3, 0.4) is 0 Å². The summed E-state index contributed by atoms with van der Waals surface area (Å²) < 4.78 is 83.2. The number of anilines is 1. The molecule has 0 bridgehead atoms. The molecule has 0 spiro atoms. The van der Waals surface area contributed by atoms with Crippen LogP contribution in [0.1, 0.15) is 21.7 Å². The van der Waals surface area contributed by atoms with Crippen LogP contribution < -0.4 is 5.32 Å². The Bertz CT molecular complexity index is 1580. The molecule has 0 saturated carbocycles. The summed E-state index contributed by atoms with van der Waals surface area (Å²) in [7, 11) is 0. The van der Waals surface area contributed by atoms with Crippen LogP contribution in [0, 0.1) is 0 Å². The van der Waals surface area contributed by atoms with Gasteiger partial charge in [-0.05, 0) is 24.3 Å². The molecule has 5 aromatic rings. The van der Waals surface area contributed by atoms with Gasteiger partial charge in [0.1, 0.15) is 12.0 Å². The molecule has 1 amide bonds. The van der Waals surface area contributed by atoms with Crippen molar-refractivity contribution in [2.24, 2.45) is 0 Å². The average Bonchev–Trinajstić information content (AvgIpc) is 3.45. The zero-order chi connectivity index (χ0) is 25.0. The zero-order valence-electron chi connectivity index (χ0n) is 17.1. The average molecular weight is 491 g/mol. The van der Waals surface area contributed by atoms with Crippen LogP contribution in [-0.2, 0) is 12.4 Å². The summed E-state index contributed by atoms with van der Waals surface area (Å²) >= 11 is 0. The van der Waals surface area contributed by atoms with Gasteiger partial charge < -0.3 is 5.32 Å². The predicted octanol–water partition coefficient (Wildman–Crippen LogP) is 4.75. The third kappa shape index (κ3) is 3.92. The molecule has 4 aromatic heterocycles. The standard InChI is InChI=1S/C21H11F6N7O/c22-20(23,24)16-8-11(4-6-28-16)31-19(35)14-9-30-34(17(14)21(25,26)27)15-3-1-2-13-12(15)5-7-33-10-29-32-18(13)33/h1-10H,(H,28,31,35). The van der Waals surface area contributed by atoms with E-state index in [1.165, 1.54) is 18.5 Å². The van der Waals surface area contributed by atoms with Crippen LogP contribution in [0.25, 0.3) is 22.1 Å². The van der Waals surface area contributed by atoms with Gasteiger partial charge in [0.15, 0.2) is 11.3 Å². The number of pyridine rings is 2. The number of amides is 1. The van der Waals surface area contributed by atoms with E-state index in [1.807, 2.05) is 0 Å². The summed E-state index contributed by atoms with van der Waals surface area (Å²) in [6.07, 6.45) is -5.34. The number of hydrogen-bond acceptors (Lipinski definition) is 5. The van der Waals surface area contributed by atoms with Gasteiger partial charge in [-0.2, -0.15) is 31.4 Å². The smallest absolute Gasteiger partial charge is 0.322 e. The van der Waals surface area contributed by atoms with E-state index in [1.54, 1.807) is 22.7 Å². The second-order valence-corrected chi connectivity index (χ2v) is 7.31. The lowest BCUT2D eigenvalue weighted by atomic mass is 10.1. The second-order valence-electron chi connectivity index (χ2n) is 7.31. The minimum Gasteiger partial charge on any atom is -0.322 e. The molecular formula is C21H11F6N7O. The molecule has 5 rings (SSSR count). The van der Waals surface area contributed by atoms with Crippen molar-refractivity contribution in [2.45, 2.75) is 12.4 Å². The van der Waals surface area contributed by atoms with Crippen molar-refractivity contribution in [3.63, 3.8) is 0 Å². The first-order chi connectivity index (χ1) is 16.5. The number of rotatable bonds is 3. The molecule has 0 aliphatic rings. The van der Waals surface area contributed by atoms with E-state index < -0.39 is 35.2 Å². The Morgan fingerprint density at radius 1 is 0.971 bits per heavy atom. The monoisotopic (exact) mass is 491 g/mol. The SMILES string of the molecule is O=C(Nc1ccnc(C(F)(F)F)c1)c1cnn(-c2cccc3c2ccn2cnnc32)c1C(F)(F)F. The summed E-state index contributed by atoms with van der Waals surface area (Å²) in [5, 5.41) is 14.4. The zero-order valence-corrected chi connectivity index (χ0v) is 17.1. The highest BCUT2D eigenvalue weighted by atomic mass is 19.4. The molecule has 35 heavy (non-hydrogen) atoms. The quantitative estimate of drug-likeness (QED) is 0.368. The number of nitrogens with zero attached hydrogens (tertiary/aromatic N) is 6. The fourth-order valence-corrected chi connectivity index (χ4v) is 3.64. The molecule has 1 N–H and O–H groups in total. The first-order valence-corrected chi connectivity index (χ1v) is 9.75. The lowest BCUT2D eigenvalue weighted by Gasteiger charge is -2.15. The van der Waals surface area contributed by atoms with Crippen molar-refractivity contribution >= 4 is 28.0 Å². The van der Waals surface area contributed by atoms with E-state index in [0.29, 0.717) is 33.4 Å². The maximum atomic E-state index is 14.1. The number of benzene rings is 1. The summed E-state index contributed by atoms with van der Waals surface area (Å²) in [4.78, 5) is 15.9. The highest BCUT2D eigenvalue weighted by molar-refractivity contribution is 6.05. The van der Waals surface area contributed by atoms with Gasteiger partial charge in [-0.25, -0.2) is 4.68 Å². The summed E-state index contributed by atoms with van der Waals surface area (Å²) in [6.45, 7) is 0. The Kier molecular flexibility index (Phi) is 4.96. The van der Waals surface area contributed by atoms with Gasteiger partial charge in [-0.15, -0.1) is 10.2 Å². The van der Waals surface area contributed by atoms with Crippen LogP contribution in [0.2, 0.25) is 0 Å². The van der Waals surface area contributed by atoms with Gasteiger partial charge >= 0.3 is 12.4 Å². The molecule has 0 unspecified atom stereocenters. The molecule has 0 atom stereocenters. The van der Waals surface area contributed by atoms with Gasteiger partial charge in [0.25, 0.3) is 5.91 Å². The van der Waals surface area contributed by atoms with Crippen LogP contribution in [-0.4, -0.2) is 35.3 Å². The van der Waals surface area contributed by atoms with Gasteiger partial charge in [0.2, 0.25) is 0 Å². The van der Waals surface area contributed by atoms with Gasteiger partial charge in [0, 0.05) is 28.9 Å². The minimum absolute atomic E-state index is 0.0163. The number of aromatic nitrogens is 6. The molecule has 4 heterocycles. The lowest BCUT2D eigenvalue weighted by Crippen LogP contribution is -2.21. The largest absolute Gasteiger partial charge is 0.434 e. The fourth-order valence-electron chi connectivity index (χ4n) is 3.64. The predicted molar refractivity (Wildman–Crippen MR) is 110 cm³/mol. The number of alkyl halides is 6. The van der Waals surface area contributed by atoms with Crippen molar-refractivity contribution in [3.05, 3.63) is 78.3 Å². The Morgan fingerprint density at radius 3 is 2.51 bits per heavy atom. The summed E-state index contributed by atoms with van der Waals surface area (Å²) in [5.41, 5.74) is -3.53. The van der Waals surface area contributed by atoms with E-state index in [-0.39, 0.29) is 11.4 Å². The maximum Gasteiger partial charge on any atom is 0.434 e. The molecule has 0 radical (unpaired) electrons. The van der Waals surface area contributed by atoms with Crippen LogP contribution >= 0.6 is 0 Å². The number of fused-ring (bicyclic) bond motifs is 3. The number of carbonyl (C=O) groups is 1. The third-order valence-electron chi connectivity index (χ3n) is 5.12. The van der Waals surface area contributed by atoms with Crippen LogP contribution in [0.15, 0.2) is 61.3 Å². The molecular weight excluding hydrogens is 480 g/mol. The molecule has 0 aliphatic heterocycles. The topological polar surface area (TPSA) is 90.0 Å². The Morgan fingerprint density at radius 2 is 1.77 bits per heavy atom. The van der Waals surface area contributed by atoms with Crippen LogP contribution in [0.4, 0.5) is 32.0 Å². The highest BCUT2D eigenvalue weighted by Gasteiger charge is 2.41. The highest BCUT2D eigenvalue weighted by Crippen LogP contribution is 2.36. The molecule has 1 aromatic carbocycles. The van der Waals surface area contributed by atoms with Crippen molar-refractivity contribution in [2.75, 3.05) is 5.32 Å². The lowest BCUT2D eigenvalue weighted by molar-refractivity contribution is -0.143. The molecule has 0 fully saturated rings. The van der Waals surface area contributed by atoms with E-state index in [2.05, 4.69) is 25.6 Å². The summed E-state index contributed by atoms with van der Waals surface area (Å²) in [6, 6.07) is 7.64. The minimum atomic E-state index is -5.03. The molecule has 0 aliphatic carbocycles. The number of halogens is 6. The molecule has 8 nitrogen and oxygen atoms in total. The maximum absolute atomic E-state index is 14.1. The van der Waals surface area contributed by atoms with Gasteiger partial charge in [-0.1, -0.05) is 12.1 Å². The third-order valence-corrected chi connectivity index (χ3v) is 5.12. The molecule has 0 saturated heterocycles. The van der Waals surface area contributed by atoms with Crippen molar-refractivity contribution < 1.29 is 31.1 Å². The summed E-state index contributed by atoms with van der Waals surface area (Å²) in [5.74, 6) is -1.29. The van der Waals surface area contributed by atoms with Gasteiger partial charge in [0.05, 0.1) is 17.4 Å². The number of nitrogens with one attached hydrogen (secondary N) is 1. The van der Waals surface area contributed by atoms with Crippen LogP contribution in [0.5, 0.6) is 0 Å². The van der Waals surface area contributed by atoms with Crippen molar-refractivity contribution in [1.29, 1.82) is 0 Å². The van der Waals surface area contributed by atoms with E-state index in [4.69, 9.17) is 0 Å². The first-order valence-electron chi connectivity index (χ1n) is 9.75. The normalized spacial score (nSPS) is 12.4. The number of hydrogen-bond donors (Lipinski definition) is 1. The Balaban J connectivity index is 1.61. The Labute approximate surface area is 190 Å². The fraction of sp³-hybridized carbons (Fsp3) is 0.0952. The van der Waals surface area contributed by atoms with E-state index in [0.717, 1.165) is 12.3 Å². The van der Waals surface area contributed by atoms with Gasteiger partial charge in [-0.3, -0.25) is 14.2 Å². The molecule has 178 valence electrons. The van der Waals surface area contributed by atoms with Crippen molar-refractivity contribution in [3.8, 4) is 5.69 Å². The Hall–Kier alpha value is -4.49. The first kappa shape index (κ1) is 22.3. The van der Waals surface area contributed by atoms with Crippen molar-refractivity contribution in [1.82, 2.24) is 29.4 Å². The number of carbonyl (C=O) groups excluding carboxylic acids is 1. The second kappa shape index (κ2) is 7.78. The van der Waals surface area contributed by atoms with E-state index in [9.17, 15) is 31.1 Å². The van der Waals surface area contributed by atoms with E-state index >= 15 is 0 Å².